The van der Waals surface area contributed by atoms with E-state index in [1.54, 1.807) is 4.90 Å². The molecule has 0 aliphatic carbocycles. The smallest absolute Gasteiger partial charge is 0.410 e. The van der Waals surface area contributed by atoms with Gasteiger partial charge in [0.1, 0.15) is 11.2 Å². The van der Waals surface area contributed by atoms with E-state index in [9.17, 15) is 4.79 Å². The number of carbonyl (C=O) groups excluding carboxylic acids is 1. The highest BCUT2D eigenvalue weighted by molar-refractivity contribution is 5.69. The minimum atomic E-state index is -0.446. The number of rotatable bonds is 0. The van der Waals surface area contributed by atoms with Crippen molar-refractivity contribution in [3.8, 4) is 0 Å². The average Bonchev–Trinajstić information content (AvgIpc) is 2.40. The molecule has 0 saturated carbocycles. The van der Waals surface area contributed by atoms with E-state index in [0.29, 0.717) is 19.7 Å². The first-order valence-electron chi connectivity index (χ1n) is 5.70. The van der Waals surface area contributed by atoms with Crippen LogP contribution in [0.2, 0.25) is 0 Å². The van der Waals surface area contributed by atoms with Gasteiger partial charge in [-0.15, -0.1) is 0 Å². The third kappa shape index (κ3) is 2.01. The van der Waals surface area contributed by atoms with Gasteiger partial charge in [-0.1, -0.05) is 0 Å². The summed E-state index contributed by atoms with van der Waals surface area (Å²) in [4.78, 5) is 13.3. The van der Waals surface area contributed by atoms with Gasteiger partial charge in [-0.2, -0.15) is 0 Å². The molecular formula is C11H20N2O3. The molecule has 2 saturated heterocycles. The van der Waals surface area contributed by atoms with Crippen molar-refractivity contribution in [2.75, 3.05) is 19.7 Å². The van der Waals surface area contributed by atoms with Crippen molar-refractivity contribution in [3.05, 3.63) is 0 Å². The van der Waals surface area contributed by atoms with Gasteiger partial charge in [-0.3, -0.25) is 0 Å². The van der Waals surface area contributed by atoms with Gasteiger partial charge in [0, 0.05) is 12.6 Å². The molecule has 1 atom stereocenters. The summed E-state index contributed by atoms with van der Waals surface area (Å²) < 4.78 is 10.9. The fourth-order valence-corrected chi connectivity index (χ4v) is 2.14. The summed E-state index contributed by atoms with van der Waals surface area (Å²) in [7, 11) is 0. The first-order valence-corrected chi connectivity index (χ1v) is 5.70. The normalized spacial score (nSPS) is 28.0. The predicted molar refractivity (Wildman–Crippen MR) is 59.1 cm³/mol. The Bertz CT molecular complexity index is 292. The van der Waals surface area contributed by atoms with E-state index in [1.165, 1.54) is 0 Å². The second kappa shape index (κ2) is 3.60. The highest BCUT2D eigenvalue weighted by atomic mass is 16.6. The number of amides is 1. The Hall–Kier alpha value is -0.810. The quantitative estimate of drug-likeness (QED) is 0.663. The van der Waals surface area contributed by atoms with Crippen molar-refractivity contribution in [2.24, 2.45) is 5.73 Å². The second-order valence-corrected chi connectivity index (χ2v) is 5.64. The van der Waals surface area contributed by atoms with Crippen LogP contribution in [-0.2, 0) is 9.47 Å². The van der Waals surface area contributed by atoms with Gasteiger partial charge in [0.05, 0.1) is 13.1 Å². The number of likely N-dealkylation sites (tertiary alicyclic amines) is 1. The molecule has 1 unspecified atom stereocenters. The van der Waals surface area contributed by atoms with Crippen LogP contribution in [-0.4, -0.2) is 47.9 Å². The third-order valence-electron chi connectivity index (χ3n) is 3.06. The largest absolute Gasteiger partial charge is 0.444 e. The zero-order valence-corrected chi connectivity index (χ0v) is 10.2. The topological polar surface area (TPSA) is 64.8 Å². The second-order valence-electron chi connectivity index (χ2n) is 5.64. The SMILES string of the molecule is CC(C)(C)OC(=O)N1CC2(C1)OCCC2N. The summed E-state index contributed by atoms with van der Waals surface area (Å²) in [5, 5.41) is 0. The molecule has 0 radical (unpaired) electrons. The Kier molecular flexibility index (Phi) is 2.62. The van der Waals surface area contributed by atoms with Crippen LogP contribution in [0.15, 0.2) is 0 Å². The van der Waals surface area contributed by atoms with Gasteiger partial charge in [-0.25, -0.2) is 4.79 Å². The highest BCUT2D eigenvalue weighted by Crippen LogP contribution is 2.34. The predicted octanol–water partition coefficient (Wildman–Crippen LogP) is 0.724. The number of nitrogens with zero attached hydrogens (tertiary/aromatic N) is 1. The van der Waals surface area contributed by atoms with Crippen LogP contribution in [0.4, 0.5) is 4.79 Å². The van der Waals surface area contributed by atoms with Crippen LogP contribution in [0.3, 0.4) is 0 Å². The average molecular weight is 228 g/mol. The number of nitrogens with two attached hydrogens (primary N) is 1. The minimum absolute atomic E-state index is 0.0474. The fraction of sp³-hybridized carbons (Fsp3) is 0.909. The third-order valence-corrected chi connectivity index (χ3v) is 3.06. The first-order chi connectivity index (χ1) is 7.32. The van der Waals surface area contributed by atoms with E-state index in [2.05, 4.69) is 0 Å². The molecule has 2 heterocycles. The zero-order valence-electron chi connectivity index (χ0n) is 10.2. The molecule has 0 aromatic carbocycles. The van der Waals surface area contributed by atoms with Gasteiger partial charge in [-0.05, 0) is 27.2 Å². The molecule has 2 aliphatic rings. The maximum atomic E-state index is 11.7. The molecule has 1 spiro atoms. The van der Waals surface area contributed by atoms with E-state index >= 15 is 0 Å². The molecule has 0 aromatic heterocycles. The molecule has 2 aliphatic heterocycles. The van der Waals surface area contributed by atoms with Crippen LogP contribution in [0.1, 0.15) is 27.2 Å². The van der Waals surface area contributed by atoms with Gasteiger partial charge in [0.15, 0.2) is 0 Å². The summed E-state index contributed by atoms with van der Waals surface area (Å²) in [5.74, 6) is 0. The van der Waals surface area contributed by atoms with Crippen molar-refractivity contribution < 1.29 is 14.3 Å². The van der Waals surface area contributed by atoms with Crippen molar-refractivity contribution in [2.45, 2.75) is 44.4 Å². The molecule has 2 fully saturated rings. The Morgan fingerprint density at radius 1 is 1.50 bits per heavy atom. The molecule has 1 amide bonds. The molecule has 2 N–H and O–H groups in total. The van der Waals surface area contributed by atoms with E-state index in [0.717, 1.165) is 6.42 Å². The molecule has 0 aromatic rings. The van der Waals surface area contributed by atoms with Crippen molar-refractivity contribution in [3.63, 3.8) is 0 Å². The minimum Gasteiger partial charge on any atom is -0.444 e. The highest BCUT2D eigenvalue weighted by Gasteiger charge is 2.54. The summed E-state index contributed by atoms with van der Waals surface area (Å²) in [6.45, 7) is 7.39. The molecular weight excluding hydrogens is 208 g/mol. The molecule has 5 nitrogen and oxygen atoms in total. The fourth-order valence-electron chi connectivity index (χ4n) is 2.14. The monoisotopic (exact) mass is 228 g/mol. The van der Waals surface area contributed by atoms with E-state index in [1.807, 2.05) is 20.8 Å². The zero-order chi connectivity index (χ0) is 12.0. The van der Waals surface area contributed by atoms with Crippen molar-refractivity contribution in [1.82, 2.24) is 4.90 Å². The standard InChI is InChI=1S/C11H20N2O3/c1-10(2,3)16-9(14)13-6-11(7-13)8(12)4-5-15-11/h8H,4-7,12H2,1-3H3. The molecule has 92 valence electrons. The van der Waals surface area contributed by atoms with Crippen molar-refractivity contribution >= 4 is 6.09 Å². The molecule has 0 bridgehead atoms. The first kappa shape index (κ1) is 11.7. The van der Waals surface area contributed by atoms with Crippen LogP contribution < -0.4 is 5.73 Å². The number of carbonyl (C=O) groups is 1. The summed E-state index contributed by atoms with van der Waals surface area (Å²) in [6, 6.07) is 0.0474. The van der Waals surface area contributed by atoms with Gasteiger partial charge >= 0.3 is 6.09 Å². The van der Waals surface area contributed by atoms with Crippen molar-refractivity contribution in [1.29, 1.82) is 0 Å². The maximum Gasteiger partial charge on any atom is 0.410 e. The summed E-state index contributed by atoms with van der Waals surface area (Å²) in [5.41, 5.74) is 5.22. The van der Waals surface area contributed by atoms with Crippen LogP contribution in [0.5, 0.6) is 0 Å². The molecule has 16 heavy (non-hydrogen) atoms. The molecule has 2 rings (SSSR count). The summed E-state index contributed by atoms with van der Waals surface area (Å²) >= 11 is 0. The lowest BCUT2D eigenvalue weighted by molar-refractivity contribution is -0.115. The lowest BCUT2D eigenvalue weighted by Crippen LogP contribution is -2.69. The number of hydrogen-bond donors (Lipinski definition) is 1. The lowest BCUT2D eigenvalue weighted by Gasteiger charge is -2.48. The van der Waals surface area contributed by atoms with E-state index in [4.69, 9.17) is 15.2 Å². The molecule has 5 heteroatoms. The van der Waals surface area contributed by atoms with Crippen LogP contribution in [0.25, 0.3) is 0 Å². The summed E-state index contributed by atoms with van der Waals surface area (Å²) in [6.07, 6.45) is 0.600. The van der Waals surface area contributed by atoms with Crippen LogP contribution in [0, 0.1) is 0 Å². The van der Waals surface area contributed by atoms with E-state index in [-0.39, 0.29) is 17.7 Å². The number of ether oxygens (including phenoxy) is 2. The Morgan fingerprint density at radius 3 is 2.56 bits per heavy atom. The maximum absolute atomic E-state index is 11.7. The number of hydrogen-bond acceptors (Lipinski definition) is 4. The Labute approximate surface area is 95.9 Å². The van der Waals surface area contributed by atoms with Gasteiger partial charge in [0.25, 0.3) is 0 Å². The van der Waals surface area contributed by atoms with E-state index < -0.39 is 5.60 Å². The van der Waals surface area contributed by atoms with Gasteiger partial charge < -0.3 is 20.1 Å². The van der Waals surface area contributed by atoms with Crippen LogP contribution >= 0.6 is 0 Å². The lowest BCUT2D eigenvalue weighted by atomic mass is 9.87. The van der Waals surface area contributed by atoms with Gasteiger partial charge in [0.2, 0.25) is 0 Å². The Balaban J connectivity index is 1.86. The Morgan fingerprint density at radius 2 is 2.12 bits per heavy atom.